The van der Waals surface area contributed by atoms with E-state index in [0.717, 1.165) is 12.1 Å². The largest absolute Gasteiger partial charge is 0.507 e. The number of methoxy groups -OCH3 is 1. The second-order valence-corrected chi connectivity index (χ2v) is 10.4. The summed E-state index contributed by atoms with van der Waals surface area (Å²) in [5.41, 5.74) is -1.07. The molecule has 0 radical (unpaired) electrons. The van der Waals surface area contributed by atoms with E-state index >= 15 is 0 Å². The molecule has 3 aromatic rings. The van der Waals surface area contributed by atoms with Gasteiger partial charge >= 0.3 is 0 Å². The maximum Gasteiger partial charge on any atom is 0.230 e. The van der Waals surface area contributed by atoms with Crippen LogP contribution in [0.3, 0.4) is 0 Å². The third kappa shape index (κ3) is 5.98. The maximum atomic E-state index is 13.1. The number of aliphatic hydroxyl groups is 7. The standard InChI is InChI=1S/C28H32O17/c1-40-15-4-9(2-3-10(15)31)14-6-12(33)18-11(32)5-13(34)24(25(18)41-14)44-28-26(22(38)20(36)17(8-30)43-28)45-27-23(39)21(37)19(35)16(7-29)42-27/h2-6,16-17,19-23,26-32,34-39H,7-8H2,1H3. The lowest BCUT2D eigenvalue weighted by molar-refractivity contribution is -0.357. The molecule has 0 spiro atoms. The summed E-state index contributed by atoms with van der Waals surface area (Å²) in [4.78, 5) is 13.1. The van der Waals surface area contributed by atoms with Gasteiger partial charge in [0.25, 0.3) is 0 Å². The van der Waals surface area contributed by atoms with Gasteiger partial charge in [-0.05, 0) is 18.2 Å². The monoisotopic (exact) mass is 640 g/mol. The molecule has 10 unspecified atom stereocenters. The first-order valence-electron chi connectivity index (χ1n) is 13.5. The Morgan fingerprint density at radius 1 is 0.756 bits per heavy atom. The van der Waals surface area contributed by atoms with Crippen molar-refractivity contribution < 1.29 is 79.2 Å². The molecule has 10 N–H and O–H groups in total. The van der Waals surface area contributed by atoms with Crippen LogP contribution in [0.1, 0.15) is 0 Å². The third-order valence-corrected chi connectivity index (χ3v) is 7.58. The second-order valence-electron chi connectivity index (χ2n) is 10.4. The number of hydrogen-bond acceptors (Lipinski definition) is 17. The first kappa shape index (κ1) is 32.6. The summed E-state index contributed by atoms with van der Waals surface area (Å²) in [6.07, 6.45) is -17.7. The number of phenolic OH excluding ortho intramolecular Hbond substituents is 3. The lowest BCUT2D eigenvalue weighted by Gasteiger charge is -2.45. The van der Waals surface area contributed by atoms with Crippen molar-refractivity contribution in [1.82, 2.24) is 0 Å². The molecular formula is C28H32O17. The van der Waals surface area contributed by atoms with E-state index in [2.05, 4.69) is 0 Å². The van der Waals surface area contributed by atoms with Gasteiger partial charge < -0.3 is 79.2 Å². The van der Waals surface area contributed by atoms with Gasteiger partial charge in [-0.2, -0.15) is 0 Å². The van der Waals surface area contributed by atoms with Crippen LogP contribution >= 0.6 is 0 Å². The Bertz CT molecular complexity index is 1570. The molecule has 1 aromatic heterocycles. The highest BCUT2D eigenvalue weighted by Crippen LogP contribution is 2.43. The van der Waals surface area contributed by atoms with E-state index in [1.54, 1.807) is 0 Å². The minimum atomic E-state index is -1.94. The van der Waals surface area contributed by atoms with Crippen molar-refractivity contribution >= 4 is 11.0 Å². The van der Waals surface area contributed by atoms with Crippen molar-refractivity contribution in [3.8, 4) is 40.1 Å². The average Bonchev–Trinajstić information content (AvgIpc) is 3.02. The maximum absolute atomic E-state index is 13.1. The van der Waals surface area contributed by atoms with Crippen LogP contribution in [-0.4, -0.2) is 133 Å². The Morgan fingerprint density at radius 3 is 2.04 bits per heavy atom. The van der Waals surface area contributed by atoms with Crippen molar-refractivity contribution in [3.63, 3.8) is 0 Å². The number of benzene rings is 2. The number of aliphatic hydroxyl groups excluding tert-OH is 7. The average molecular weight is 641 g/mol. The lowest BCUT2D eigenvalue weighted by Crippen LogP contribution is -2.65. The lowest BCUT2D eigenvalue weighted by atomic mass is 9.97. The summed E-state index contributed by atoms with van der Waals surface area (Å²) < 4.78 is 33.3. The van der Waals surface area contributed by atoms with E-state index in [9.17, 15) is 55.9 Å². The highest BCUT2D eigenvalue weighted by molar-refractivity contribution is 5.91. The summed E-state index contributed by atoms with van der Waals surface area (Å²) in [5.74, 6) is -2.40. The van der Waals surface area contributed by atoms with Crippen LogP contribution < -0.4 is 14.9 Å². The third-order valence-electron chi connectivity index (χ3n) is 7.58. The quantitative estimate of drug-likeness (QED) is 0.123. The number of rotatable bonds is 8. The van der Waals surface area contributed by atoms with Crippen LogP contribution in [0.2, 0.25) is 0 Å². The van der Waals surface area contributed by atoms with Gasteiger partial charge in [-0.3, -0.25) is 4.79 Å². The van der Waals surface area contributed by atoms with Crippen molar-refractivity contribution in [1.29, 1.82) is 0 Å². The van der Waals surface area contributed by atoms with E-state index in [4.69, 9.17) is 28.1 Å². The van der Waals surface area contributed by atoms with E-state index < -0.39 is 108 Å². The van der Waals surface area contributed by atoms with Crippen LogP contribution in [0.4, 0.5) is 0 Å². The number of phenols is 3. The molecule has 2 saturated heterocycles. The Hall–Kier alpha value is -3.75. The van der Waals surface area contributed by atoms with Gasteiger partial charge in [0.1, 0.15) is 59.6 Å². The molecule has 0 saturated carbocycles. The molecule has 3 heterocycles. The molecule has 45 heavy (non-hydrogen) atoms. The van der Waals surface area contributed by atoms with E-state index in [-0.39, 0.29) is 22.8 Å². The smallest absolute Gasteiger partial charge is 0.230 e. The van der Waals surface area contributed by atoms with Crippen molar-refractivity contribution in [2.45, 2.75) is 61.4 Å². The Kier molecular flexibility index (Phi) is 9.38. The molecule has 5 rings (SSSR count). The fourth-order valence-electron chi connectivity index (χ4n) is 5.11. The minimum Gasteiger partial charge on any atom is -0.507 e. The fraction of sp³-hybridized carbons (Fsp3) is 0.464. The van der Waals surface area contributed by atoms with Crippen LogP contribution in [0, 0.1) is 0 Å². The molecule has 2 aromatic carbocycles. The SMILES string of the molecule is COc1cc(-c2cc(=O)c3c(O)cc(O)c(OC4OC(CO)C(O)C(O)C4OC4OC(CO)C(O)C(O)C4O)c3o2)ccc1O. The molecule has 0 bridgehead atoms. The van der Waals surface area contributed by atoms with Gasteiger partial charge in [0.05, 0.1) is 20.3 Å². The number of fused-ring (bicyclic) bond motifs is 1. The Morgan fingerprint density at radius 2 is 1.40 bits per heavy atom. The zero-order chi connectivity index (χ0) is 32.7. The topological polar surface area (TPSA) is 279 Å². The second kappa shape index (κ2) is 12.9. The summed E-state index contributed by atoms with van der Waals surface area (Å²) in [6, 6.07) is 5.81. The number of aromatic hydroxyl groups is 3. The minimum absolute atomic E-state index is 0.0388. The zero-order valence-corrected chi connectivity index (χ0v) is 23.4. The van der Waals surface area contributed by atoms with Crippen LogP contribution in [0.15, 0.2) is 39.5 Å². The van der Waals surface area contributed by atoms with Crippen molar-refractivity contribution in [2.75, 3.05) is 20.3 Å². The van der Waals surface area contributed by atoms with Crippen molar-refractivity contribution in [3.05, 3.63) is 40.6 Å². The van der Waals surface area contributed by atoms with Gasteiger partial charge in [-0.1, -0.05) is 0 Å². The van der Waals surface area contributed by atoms with Crippen LogP contribution in [0.25, 0.3) is 22.3 Å². The highest BCUT2D eigenvalue weighted by Gasteiger charge is 2.51. The molecule has 2 aliphatic heterocycles. The van der Waals surface area contributed by atoms with Crippen LogP contribution in [-0.2, 0) is 14.2 Å². The summed E-state index contributed by atoms with van der Waals surface area (Å²) in [7, 11) is 1.30. The summed E-state index contributed by atoms with van der Waals surface area (Å²) in [5, 5.41) is 102. The molecule has 0 aliphatic carbocycles. The molecule has 2 aliphatic rings. The molecule has 246 valence electrons. The molecule has 10 atom stereocenters. The van der Waals surface area contributed by atoms with Gasteiger partial charge in [-0.15, -0.1) is 0 Å². The summed E-state index contributed by atoms with van der Waals surface area (Å²) >= 11 is 0. The first-order chi connectivity index (χ1) is 21.4. The normalized spacial score (nSPS) is 32.0. The first-order valence-corrected chi connectivity index (χ1v) is 13.5. The van der Waals surface area contributed by atoms with Gasteiger partial charge in [0.2, 0.25) is 12.0 Å². The Labute approximate surface area is 252 Å². The molecule has 17 heteroatoms. The van der Waals surface area contributed by atoms with E-state index in [0.29, 0.717) is 0 Å². The fourth-order valence-corrected chi connectivity index (χ4v) is 5.11. The predicted molar refractivity (Wildman–Crippen MR) is 146 cm³/mol. The van der Waals surface area contributed by atoms with Crippen LogP contribution in [0.5, 0.6) is 28.7 Å². The molecule has 17 nitrogen and oxygen atoms in total. The van der Waals surface area contributed by atoms with Gasteiger partial charge in [0, 0.05) is 17.7 Å². The van der Waals surface area contributed by atoms with Gasteiger partial charge in [-0.25, -0.2) is 0 Å². The van der Waals surface area contributed by atoms with Gasteiger partial charge in [0.15, 0.2) is 40.7 Å². The molecule has 0 amide bonds. The summed E-state index contributed by atoms with van der Waals surface area (Å²) in [6.45, 7) is -1.64. The molecule has 2 fully saturated rings. The Balaban J connectivity index is 1.57. The number of ether oxygens (including phenoxy) is 5. The van der Waals surface area contributed by atoms with Crippen molar-refractivity contribution in [2.24, 2.45) is 0 Å². The van der Waals surface area contributed by atoms with E-state index in [1.165, 1.54) is 25.3 Å². The van der Waals surface area contributed by atoms with E-state index in [1.807, 2.05) is 0 Å². The molecular weight excluding hydrogens is 608 g/mol. The number of hydrogen-bond donors (Lipinski definition) is 10. The highest BCUT2D eigenvalue weighted by atomic mass is 16.8. The zero-order valence-electron chi connectivity index (χ0n) is 23.4. The predicted octanol–water partition coefficient (Wildman–Crippen LogP) is -2.41.